The molecule has 0 aliphatic heterocycles. The van der Waals surface area contributed by atoms with Gasteiger partial charge in [-0.25, -0.2) is 8.42 Å². The Morgan fingerprint density at radius 2 is 1.09 bits per heavy atom. The summed E-state index contributed by atoms with van der Waals surface area (Å²) in [6.07, 6.45) is 13.2. The van der Waals surface area contributed by atoms with Gasteiger partial charge >= 0.3 is 5.51 Å². The number of alkyl halides is 3. The molecule has 0 rings (SSSR count). The molecule has 0 saturated carbocycles. The highest BCUT2D eigenvalue weighted by atomic mass is 32.2. The minimum Gasteiger partial charge on any atom is -0.741 e. The van der Waals surface area contributed by atoms with Crippen LogP contribution in [0.2, 0.25) is 0 Å². The maximum absolute atomic E-state index is 10.7. The van der Waals surface area contributed by atoms with Crippen LogP contribution in [0.5, 0.6) is 0 Å². The lowest BCUT2D eigenvalue weighted by molar-refractivity contribution is -0.0517. The van der Waals surface area contributed by atoms with E-state index >= 15 is 0 Å². The van der Waals surface area contributed by atoms with E-state index in [0.717, 1.165) is 0 Å². The Morgan fingerprint density at radius 3 is 1.22 bits per heavy atom. The molecule has 0 aromatic rings. The lowest BCUT2D eigenvalue weighted by Gasteiger charge is -2.22. The molecule has 0 aliphatic carbocycles. The maximum atomic E-state index is 10.7. The van der Waals surface area contributed by atoms with Gasteiger partial charge in [0.2, 0.25) is 0 Å². The summed E-state index contributed by atoms with van der Waals surface area (Å²) in [6.45, 7) is 9.59. The first-order valence-corrected chi connectivity index (χ1v) is 12.0. The summed E-state index contributed by atoms with van der Waals surface area (Å²) in [6, 6.07) is 0. The lowest BCUT2D eigenvalue weighted by Crippen LogP contribution is -2.21. The highest BCUT2D eigenvalue weighted by Gasteiger charge is 2.36. The molecule has 0 saturated heterocycles. The van der Waals surface area contributed by atoms with Crippen LogP contribution >= 0.6 is 7.26 Å². The van der Waals surface area contributed by atoms with Gasteiger partial charge in [-0.15, -0.1) is 0 Å². The third kappa shape index (κ3) is 15.4. The predicted octanol–water partition coefficient (Wildman–Crippen LogP) is 5.25. The Balaban J connectivity index is -0.000000382. The first kappa shape index (κ1) is 27.9. The monoisotopic (exact) mass is 383 g/mol. The molecule has 23 heavy (non-hydrogen) atoms. The van der Waals surface area contributed by atoms with Gasteiger partial charge in [-0.05, 0) is 19.3 Å². The van der Waals surface area contributed by atoms with Crippen molar-refractivity contribution in [3.8, 4) is 0 Å². The molecule has 0 spiro atoms. The van der Waals surface area contributed by atoms with Crippen LogP contribution in [0.4, 0.5) is 13.2 Å². The Bertz CT molecular complexity index is 354. The van der Waals surface area contributed by atoms with Gasteiger partial charge < -0.3 is 10.7 Å². The highest BCUT2D eigenvalue weighted by molar-refractivity contribution is 7.86. The number of rotatable bonds is 9. The van der Waals surface area contributed by atoms with Crippen LogP contribution in [0, 0.1) is 0 Å². The zero-order valence-corrected chi connectivity index (χ0v) is 16.5. The van der Waals surface area contributed by atoms with Crippen molar-refractivity contribution in [1.29, 1.82) is 0 Å². The van der Waals surface area contributed by atoms with Gasteiger partial charge in [0.1, 0.15) is 0 Å². The summed E-state index contributed by atoms with van der Waals surface area (Å²) in [5, 5.41) is 0. The molecular formula is C14H33F3NO3PS. The molecule has 0 aromatic heterocycles. The zero-order valence-electron chi connectivity index (χ0n) is 14.8. The zero-order chi connectivity index (χ0) is 17.9. The molecule has 0 aromatic carbocycles. The number of halogens is 3. The second-order valence-electron chi connectivity index (χ2n) is 5.75. The summed E-state index contributed by atoms with van der Waals surface area (Å²) < 4.78 is 58.9. The third-order valence-electron chi connectivity index (χ3n) is 3.44. The summed E-state index contributed by atoms with van der Waals surface area (Å²) in [4.78, 5) is 0. The summed E-state index contributed by atoms with van der Waals surface area (Å²) >= 11 is 0. The van der Waals surface area contributed by atoms with E-state index in [0.29, 0.717) is 0 Å². The van der Waals surface area contributed by atoms with E-state index in [-0.39, 0.29) is 6.15 Å². The highest BCUT2D eigenvalue weighted by Crippen LogP contribution is 2.57. The topological polar surface area (TPSA) is 92.2 Å². The summed E-state index contributed by atoms with van der Waals surface area (Å²) in [7, 11) is -6.61. The Labute approximate surface area is 140 Å². The minimum atomic E-state index is -6.09. The SMILES string of the molecule is CCCC[P+](C)(CCCC)CCCC.N.O=S(=O)([O-])C(F)(F)F. The summed E-state index contributed by atoms with van der Waals surface area (Å²) in [5.74, 6) is 0. The fourth-order valence-corrected chi connectivity index (χ4v) is 5.86. The van der Waals surface area contributed by atoms with Crippen molar-refractivity contribution >= 4 is 17.4 Å². The first-order valence-electron chi connectivity index (χ1n) is 7.79. The van der Waals surface area contributed by atoms with Gasteiger partial charge in [-0.1, -0.05) is 40.0 Å². The summed E-state index contributed by atoms with van der Waals surface area (Å²) in [5.41, 5.74) is -5.65. The number of hydrogen-bond donors (Lipinski definition) is 1. The van der Waals surface area contributed by atoms with E-state index in [2.05, 4.69) is 27.4 Å². The molecule has 4 nitrogen and oxygen atoms in total. The fraction of sp³-hybridized carbons (Fsp3) is 1.00. The van der Waals surface area contributed by atoms with Gasteiger partial charge in [-0.2, -0.15) is 13.2 Å². The average molecular weight is 383 g/mol. The van der Waals surface area contributed by atoms with Crippen LogP contribution in [0.25, 0.3) is 0 Å². The molecule has 9 heteroatoms. The van der Waals surface area contributed by atoms with Crippen LogP contribution in [0.1, 0.15) is 59.3 Å². The van der Waals surface area contributed by atoms with Crippen LogP contribution in [0.15, 0.2) is 0 Å². The molecular weight excluding hydrogens is 350 g/mol. The molecule has 0 amide bonds. The van der Waals surface area contributed by atoms with Crippen molar-refractivity contribution in [2.24, 2.45) is 0 Å². The van der Waals surface area contributed by atoms with E-state index in [4.69, 9.17) is 13.0 Å². The van der Waals surface area contributed by atoms with E-state index < -0.39 is 22.9 Å². The van der Waals surface area contributed by atoms with Gasteiger partial charge in [0.05, 0.1) is 18.5 Å². The van der Waals surface area contributed by atoms with Crippen molar-refractivity contribution in [1.82, 2.24) is 6.15 Å². The Kier molecular flexibility index (Phi) is 16.3. The van der Waals surface area contributed by atoms with E-state index in [1.807, 2.05) is 0 Å². The molecule has 0 fully saturated rings. The second-order valence-corrected chi connectivity index (χ2v) is 11.7. The van der Waals surface area contributed by atoms with Crippen molar-refractivity contribution in [2.75, 3.05) is 25.2 Å². The fourth-order valence-electron chi connectivity index (χ4n) is 1.95. The first-order chi connectivity index (χ1) is 9.93. The molecule has 144 valence electrons. The van der Waals surface area contributed by atoms with Gasteiger partial charge in [0, 0.05) is 13.9 Å². The Morgan fingerprint density at radius 1 is 0.870 bits per heavy atom. The Hall–Kier alpha value is 0.0900. The molecule has 0 bridgehead atoms. The second kappa shape index (κ2) is 13.4. The largest absolute Gasteiger partial charge is 0.741 e. The maximum Gasteiger partial charge on any atom is 0.485 e. The molecule has 0 unspecified atom stereocenters. The average Bonchev–Trinajstić information content (AvgIpc) is 2.39. The number of unbranched alkanes of at least 4 members (excludes halogenated alkanes) is 3. The van der Waals surface area contributed by atoms with Gasteiger partial charge in [0.25, 0.3) is 0 Å². The van der Waals surface area contributed by atoms with E-state index in [1.165, 1.54) is 38.5 Å². The van der Waals surface area contributed by atoms with Crippen molar-refractivity contribution in [2.45, 2.75) is 64.8 Å². The standard InChI is InChI=1S/C13H30P.CHF3O3S.H3N/c1-5-8-11-14(4,12-9-6-2)13-10-7-3;2-1(3,4)8(5,6)7;/h5-13H2,1-4H3;(H,5,6,7);1H3/q+1;;/p-1. The third-order valence-corrected chi connectivity index (χ3v) is 8.19. The minimum absolute atomic E-state index is 0. The van der Waals surface area contributed by atoms with Crippen LogP contribution < -0.4 is 6.15 Å². The normalized spacial score (nSPS) is 12.2. The van der Waals surface area contributed by atoms with E-state index in [1.54, 1.807) is 18.5 Å². The molecule has 0 radical (unpaired) electrons. The molecule has 3 N–H and O–H groups in total. The lowest BCUT2D eigenvalue weighted by atomic mass is 10.4. The molecule has 0 aliphatic rings. The molecule has 0 heterocycles. The van der Waals surface area contributed by atoms with Crippen molar-refractivity contribution in [3.63, 3.8) is 0 Å². The number of hydrogen-bond acceptors (Lipinski definition) is 4. The van der Waals surface area contributed by atoms with E-state index in [9.17, 15) is 13.2 Å². The van der Waals surface area contributed by atoms with Crippen LogP contribution in [0.3, 0.4) is 0 Å². The smallest absolute Gasteiger partial charge is 0.485 e. The molecule has 0 atom stereocenters. The van der Waals surface area contributed by atoms with Crippen molar-refractivity contribution in [3.05, 3.63) is 0 Å². The quantitative estimate of drug-likeness (QED) is 0.334. The van der Waals surface area contributed by atoms with Gasteiger partial charge in [0.15, 0.2) is 10.1 Å². The predicted molar refractivity (Wildman–Crippen MR) is 92.9 cm³/mol. The van der Waals surface area contributed by atoms with Crippen LogP contribution in [-0.4, -0.2) is 43.6 Å². The van der Waals surface area contributed by atoms with Gasteiger partial charge in [-0.3, -0.25) is 0 Å². The van der Waals surface area contributed by atoms with Crippen LogP contribution in [-0.2, 0) is 10.1 Å². The van der Waals surface area contributed by atoms with Crippen molar-refractivity contribution < 1.29 is 26.1 Å².